The van der Waals surface area contributed by atoms with Crippen molar-refractivity contribution >= 4 is 39.3 Å². The van der Waals surface area contributed by atoms with Gasteiger partial charge in [-0.15, -0.1) is 23.1 Å². The maximum Gasteiger partial charge on any atom is 0.319 e. The maximum absolute atomic E-state index is 11.6. The number of hydrogen-bond donors (Lipinski definition) is 1. The molecule has 3 aromatic rings. The molecule has 0 fully saturated rings. The molecular formula is C18H14N2O2S2. The predicted molar refractivity (Wildman–Crippen MR) is 97.3 cm³/mol. The number of carboxylic acid groups (broad SMARTS) is 1. The molecule has 0 radical (unpaired) electrons. The van der Waals surface area contributed by atoms with Crippen molar-refractivity contribution in [3.63, 3.8) is 0 Å². The summed E-state index contributed by atoms with van der Waals surface area (Å²) >= 11 is 2.83. The van der Waals surface area contributed by atoms with E-state index in [9.17, 15) is 9.90 Å². The lowest BCUT2D eigenvalue weighted by atomic mass is 10.0. The number of benzene rings is 2. The molecule has 1 N–H and O–H groups in total. The van der Waals surface area contributed by atoms with Crippen LogP contribution in [0.25, 0.3) is 21.3 Å². The number of rotatable bonds is 4. The molecule has 4 nitrogen and oxygen atoms in total. The highest BCUT2D eigenvalue weighted by Gasteiger charge is 2.30. The topological polar surface area (TPSA) is 74.0 Å². The van der Waals surface area contributed by atoms with Gasteiger partial charge in [0.05, 0.1) is 27.4 Å². The Morgan fingerprint density at radius 3 is 2.58 bits per heavy atom. The van der Waals surface area contributed by atoms with Gasteiger partial charge in [-0.05, 0) is 43.2 Å². The fourth-order valence-corrected chi connectivity index (χ4v) is 4.35. The summed E-state index contributed by atoms with van der Waals surface area (Å²) in [6.07, 6.45) is 0. The number of carbonyl (C=O) groups is 1. The van der Waals surface area contributed by atoms with Gasteiger partial charge in [0.1, 0.15) is 4.75 Å². The van der Waals surface area contributed by atoms with Crippen LogP contribution in [0, 0.1) is 11.3 Å². The Morgan fingerprint density at radius 2 is 1.96 bits per heavy atom. The molecule has 0 aliphatic heterocycles. The Morgan fingerprint density at radius 1 is 1.25 bits per heavy atom. The van der Waals surface area contributed by atoms with Crippen LogP contribution in [0.1, 0.15) is 19.4 Å². The lowest BCUT2D eigenvalue weighted by Crippen LogP contribution is -2.27. The Hall–Kier alpha value is -2.36. The first-order chi connectivity index (χ1) is 11.4. The van der Waals surface area contributed by atoms with Crippen molar-refractivity contribution in [1.82, 2.24) is 4.98 Å². The van der Waals surface area contributed by atoms with E-state index in [1.165, 1.54) is 23.1 Å². The highest BCUT2D eigenvalue weighted by atomic mass is 32.2. The van der Waals surface area contributed by atoms with Crippen LogP contribution in [-0.4, -0.2) is 20.8 Å². The van der Waals surface area contributed by atoms with Gasteiger partial charge in [-0.2, -0.15) is 5.26 Å². The molecule has 1 heterocycles. The van der Waals surface area contributed by atoms with Gasteiger partial charge in [0.2, 0.25) is 0 Å². The molecular weight excluding hydrogens is 340 g/mol. The fourth-order valence-electron chi connectivity index (χ4n) is 2.26. The van der Waals surface area contributed by atoms with Crippen LogP contribution in [0.5, 0.6) is 0 Å². The third-order valence-electron chi connectivity index (χ3n) is 3.65. The number of carboxylic acids is 1. The van der Waals surface area contributed by atoms with Crippen LogP contribution >= 0.6 is 23.1 Å². The lowest BCUT2D eigenvalue weighted by Gasteiger charge is -2.21. The minimum atomic E-state index is -0.959. The zero-order valence-corrected chi connectivity index (χ0v) is 14.7. The third kappa shape index (κ3) is 3.01. The van der Waals surface area contributed by atoms with Gasteiger partial charge in [-0.3, -0.25) is 4.79 Å². The normalized spacial score (nSPS) is 11.4. The van der Waals surface area contributed by atoms with E-state index in [2.05, 4.69) is 11.1 Å². The van der Waals surface area contributed by atoms with E-state index in [0.29, 0.717) is 5.56 Å². The summed E-state index contributed by atoms with van der Waals surface area (Å²) in [5, 5.41) is 18.4. The molecule has 120 valence electrons. The van der Waals surface area contributed by atoms with Crippen molar-refractivity contribution in [2.24, 2.45) is 0 Å². The highest BCUT2D eigenvalue weighted by molar-refractivity contribution is 8.01. The minimum Gasteiger partial charge on any atom is -0.480 e. The molecule has 6 heteroatoms. The van der Waals surface area contributed by atoms with Gasteiger partial charge >= 0.3 is 5.97 Å². The number of aromatic nitrogens is 1. The molecule has 0 amide bonds. The number of nitrogens with zero attached hydrogens (tertiary/aromatic N) is 2. The third-order valence-corrected chi connectivity index (χ3v) is 5.95. The summed E-state index contributed by atoms with van der Waals surface area (Å²) in [5.41, 5.74) is 5.13. The number of nitriles is 1. The molecule has 0 atom stereocenters. The second-order valence-electron chi connectivity index (χ2n) is 5.75. The van der Waals surface area contributed by atoms with Crippen molar-refractivity contribution in [1.29, 1.82) is 5.26 Å². The summed E-state index contributed by atoms with van der Waals surface area (Å²) in [7, 11) is 0. The zero-order chi connectivity index (χ0) is 17.3. The zero-order valence-electron chi connectivity index (χ0n) is 13.1. The molecule has 0 aliphatic rings. The number of hydrogen-bond acceptors (Lipinski definition) is 5. The van der Waals surface area contributed by atoms with E-state index in [1.54, 1.807) is 31.5 Å². The first-order valence-electron chi connectivity index (χ1n) is 7.21. The largest absolute Gasteiger partial charge is 0.480 e. The van der Waals surface area contributed by atoms with Crippen molar-refractivity contribution in [2.45, 2.75) is 23.5 Å². The van der Waals surface area contributed by atoms with E-state index < -0.39 is 10.7 Å². The summed E-state index contributed by atoms with van der Waals surface area (Å²) in [4.78, 5) is 16.8. The first-order valence-corrected chi connectivity index (χ1v) is 8.91. The summed E-state index contributed by atoms with van der Waals surface area (Å²) in [5.74, 6) is -0.861. The molecule has 0 saturated heterocycles. The summed E-state index contributed by atoms with van der Waals surface area (Å²) in [6, 6.07) is 13.3. The van der Waals surface area contributed by atoms with Gasteiger partial charge < -0.3 is 5.11 Å². The second-order valence-corrected chi connectivity index (χ2v) is 8.24. The maximum atomic E-state index is 11.6. The number of fused-ring (bicyclic) bond motifs is 1. The monoisotopic (exact) mass is 354 g/mol. The van der Waals surface area contributed by atoms with Crippen molar-refractivity contribution in [3.05, 3.63) is 47.5 Å². The van der Waals surface area contributed by atoms with Gasteiger partial charge in [-0.25, -0.2) is 4.98 Å². The average Bonchev–Trinajstić information content (AvgIpc) is 3.04. The molecule has 0 bridgehead atoms. The Balaban J connectivity index is 2.18. The molecule has 1 aromatic heterocycles. The van der Waals surface area contributed by atoms with Crippen LogP contribution in [0.4, 0.5) is 0 Å². The van der Waals surface area contributed by atoms with E-state index in [0.717, 1.165) is 26.2 Å². The van der Waals surface area contributed by atoms with Crippen molar-refractivity contribution in [3.8, 4) is 17.2 Å². The minimum absolute atomic E-state index is 0.595. The Bertz CT molecular complexity index is 953. The number of thiazole rings is 1. The predicted octanol–water partition coefficient (Wildman–Crippen LogP) is 4.79. The van der Waals surface area contributed by atoms with Crippen LogP contribution in [0.2, 0.25) is 0 Å². The van der Waals surface area contributed by atoms with Crippen LogP contribution < -0.4 is 0 Å². The fraction of sp³-hybridized carbons (Fsp3) is 0.167. The summed E-state index contributed by atoms with van der Waals surface area (Å²) in [6.45, 7) is 3.39. The summed E-state index contributed by atoms with van der Waals surface area (Å²) < 4.78 is 0.0239. The smallest absolute Gasteiger partial charge is 0.319 e. The van der Waals surface area contributed by atoms with E-state index >= 15 is 0 Å². The second kappa shape index (κ2) is 6.27. The van der Waals surface area contributed by atoms with Crippen LogP contribution in [0.15, 0.2) is 46.8 Å². The van der Waals surface area contributed by atoms with E-state index in [-0.39, 0.29) is 0 Å². The number of aliphatic carboxylic acids is 1. The van der Waals surface area contributed by atoms with Gasteiger partial charge in [0.25, 0.3) is 0 Å². The van der Waals surface area contributed by atoms with Gasteiger partial charge in [-0.1, -0.05) is 18.2 Å². The van der Waals surface area contributed by atoms with Gasteiger partial charge in [0.15, 0.2) is 0 Å². The molecule has 0 unspecified atom stereocenters. The standard InChI is InChI=1S/C18H14N2O2S2/c1-18(2,17(21)22)24-15-13(7-8-14-16(15)23-10-20-14)12-5-3-11(9-19)4-6-12/h3-8,10H,1-2H3,(H,21,22). The first kappa shape index (κ1) is 16.5. The molecule has 0 aliphatic carbocycles. The van der Waals surface area contributed by atoms with E-state index in [1.807, 2.05) is 24.3 Å². The highest BCUT2D eigenvalue weighted by Crippen LogP contribution is 2.44. The molecule has 2 aromatic carbocycles. The molecule has 24 heavy (non-hydrogen) atoms. The SMILES string of the molecule is CC(C)(Sc1c(-c2ccc(C#N)cc2)ccc2ncsc12)C(=O)O. The lowest BCUT2D eigenvalue weighted by molar-refractivity contribution is -0.138. The molecule has 0 saturated carbocycles. The quantitative estimate of drug-likeness (QED) is 0.682. The Kier molecular flexibility index (Phi) is 4.31. The molecule has 0 spiro atoms. The average molecular weight is 354 g/mol. The Labute approximate surface area is 147 Å². The van der Waals surface area contributed by atoms with Gasteiger partial charge in [0, 0.05) is 4.90 Å². The van der Waals surface area contributed by atoms with Crippen molar-refractivity contribution < 1.29 is 9.90 Å². The van der Waals surface area contributed by atoms with E-state index in [4.69, 9.17) is 5.26 Å². The number of thioether (sulfide) groups is 1. The van der Waals surface area contributed by atoms with Crippen LogP contribution in [0.3, 0.4) is 0 Å². The van der Waals surface area contributed by atoms with Crippen molar-refractivity contribution in [2.75, 3.05) is 0 Å². The molecule has 3 rings (SSSR count). The van der Waals surface area contributed by atoms with Crippen LogP contribution in [-0.2, 0) is 4.79 Å².